The first-order chi connectivity index (χ1) is 8.75. The van der Waals surface area contributed by atoms with Crippen LogP contribution in [0.4, 0.5) is 0 Å². The summed E-state index contributed by atoms with van der Waals surface area (Å²) in [5.74, 6) is 0.598. The van der Waals surface area contributed by atoms with Gasteiger partial charge in [0.2, 0.25) is 0 Å². The Morgan fingerprint density at radius 1 is 1.06 bits per heavy atom. The van der Waals surface area contributed by atoms with E-state index in [9.17, 15) is 0 Å². The van der Waals surface area contributed by atoms with Crippen LogP contribution in [0.3, 0.4) is 0 Å². The van der Waals surface area contributed by atoms with Gasteiger partial charge in [-0.1, -0.05) is 64.5 Å². The topological polar surface area (TPSA) is 0 Å². The minimum atomic E-state index is 0.433. The molecule has 2 unspecified atom stereocenters. The van der Waals surface area contributed by atoms with E-state index in [4.69, 9.17) is 0 Å². The normalized spacial score (nSPS) is 19.6. The van der Waals surface area contributed by atoms with E-state index in [1.807, 2.05) is 0 Å². The van der Waals surface area contributed by atoms with Crippen molar-refractivity contribution in [2.75, 3.05) is 0 Å². The third-order valence-corrected chi connectivity index (χ3v) is 4.46. The van der Waals surface area contributed by atoms with Gasteiger partial charge in [0, 0.05) is 10.7 Å². The number of benzene rings is 2. The van der Waals surface area contributed by atoms with Crippen LogP contribution in [0.25, 0.3) is 0 Å². The van der Waals surface area contributed by atoms with Gasteiger partial charge in [0.05, 0.1) is 0 Å². The van der Waals surface area contributed by atoms with Crippen LogP contribution >= 0.6 is 15.9 Å². The maximum Gasteiger partial charge on any atom is 0.0367 e. The number of halogens is 1. The molecule has 92 valence electrons. The minimum absolute atomic E-state index is 0.433. The first-order valence-corrected chi connectivity index (χ1v) is 7.49. The number of alkyl halides is 1. The molecule has 1 aliphatic carbocycles. The van der Waals surface area contributed by atoms with Crippen LogP contribution in [-0.2, 0) is 6.42 Å². The van der Waals surface area contributed by atoms with Crippen LogP contribution < -0.4 is 0 Å². The molecule has 0 fully saturated rings. The molecule has 18 heavy (non-hydrogen) atoms. The fourth-order valence-electron chi connectivity index (χ4n) is 2.90. The van der Waals surface area contributed by atoms with Gasteiger partial charge in [-0.25, -0.2) is 0 Å². The molecule has 2 atom stereocenters. The monoisotopic (exact) mass is 300 g/mol. The van der Waals surface area contributed by atoms with Gasteiger partial charge in [0.1, 0.15) is 0 Å². The molecule has 0 aromatic heterocycles. The molecule has 0 saturated heterocycles. The Labute approximate surface area is 117 Å². The Morgan fingerprint density at radius 3 is 2.50 bits per heavy atom. The SMILES string of the molecule is CC(Br)c1ccc(C2CCc3ccccc32)cc1. The zero-order valence-electron chi connectivity index (χ0n) is 10.6. The highest BCUT2D eigenvalue weighted by molar-refractivity contribution is 9.09. The molecule has 0 N–H and O–H groups in total. The summed E-state index contributed by atoms with van der Waals surface area (Å²) in [5, 5.41) is 0. The van der Waals surface area contributed by atoms with E-state index in [0.717, 1.165) is 0 Å². The van der Waals surface area contributed by atoms with Gasteiger partial charge >= 0.3 is 0 Å². The second-order valence-corrected chi connectivity index (χ2v) is 6.45. The standard InChI is InChI=1S/C17H17Br/c1-12(18)13-6-8-15(9-7-13)17-11-10-14-4-2-3-5-16(14)17/h2-9,12,17H,10-11H2,1H3. The summed E-state index contributed by atoms with van der Waals surface area (Å²) in [5.41, 5.74) is 5.86. The third kappa shape index (κ3) is 2.12. The van der Waals surface area contributed by atoms with E-state index in [-0.39, 0.29) is 0 Å². The molecule has 0 heterocycles. The Hall–Kier alpha value is -1.08. The highest BCUT2D eigenvalue weighted by Crippen LogP contribution is 2.38. The van der Waals surface area contributed by atoms with Gasteiger partial charge in [-0.05, 0) is 42.0 Å². The smallest absolute Gasteiger partial charge is 0.0367 e. The highest BCUT2D eigenvalue weighted by atomic mass is 79.9. The summed E-state index contributed by atoms with van der Waals surface area (Å²) in [7, 11) is 0. The quantitative estimate of drug-likeness (QED) is 0.667. The largest absolute Gasteiger partial charge is 0.0842 e. The van der Waals surface area contributed by atoms with Gasteiger partial charge in [0.15, 0.2) is 0 Å². The summed E-state index contributed by atoms with van der Waals surface area (Å²) < 4.78 is 0. The summed E-state index contributed by atoms with van der Waals surface area (Å²) >= 11 is 3.62. The lowest BCUT2D eigenvalue weighted by Gasteiger charge is -2.13. The van der Waals surface area contributed by atoms with E-state index >= 15 is 0 Å². The molecular formula is C17H17Br. The second-order valence-electron chi connectivity index (χ2n) is 5.07. The van der Waals surface area contributed by atoms with Crippen LogP contribution in [0.1, 0.15) is 46.3 Å². The summed E-state index contributed by atoms with van der Waals surface area (Å²) in [6, 6.07) is 17.9. The Morgan fingerprint density at radius 2 is 1.78 bits per heavy atom. The van der Waals surface area contributed by atoms with Crippen molar-refractivity contribution in [3.05, 3.63) is 70.8 Å². The predicted octanol–water partition coefficient (Wildman–Crippen LogP) is 5.22. The predicted molar refractivity (Wildman–Crippen MR) is 80.4 cm³/mol. The van der Waals surface area contributed by atoms with Crippen LogP contribution in [-0.4, -0.2) is 0 Å². The van der Waals surface area contributed by atoms with Crippen LogP contribution in [0, 0.1) is 0 Å². The summed E-state index contributed by atoms with van der Waals surface area (Å²) in [4.78, 5) is 0.433. The molecule has 0 spiro atoms. The molecule has 1 heteroatoms. The highest BCUT2D eigenvalue weighted by Gasteiger charge is 2.23. The van der Waals surface area contributed by atoms with Crippen molar-refractivity contribution in [2.24, 2.45) is 0 Å². The molecule has 0 amide bonds. The van der Waals surface area contributed by atoms with Gasteiger partial charge in [-0.3, -0.25) is 0 Å². The Bertz CT molecular complexity index is 540. The number of aryl methyl sites for hydroxylation is 1. The van der Waals surface area contributed by atoms with Crippen molar-refractivity contribution in [2.45, 2.75) is 30.5 Å². The van der Waals surface area contributed by atoms with Crippen molar-refractivity contribution >= 4 is 15.9 Å². The van der Waals surface area contributed by atoms with Crippen molar-refractivity contribution in [1.29, 1.82) is 0 Å². The summed E-state index contributed by atoms with van der Waals surface area (Å²) in [6.45, 7) is 2.17. The first kappa shape index (κ1) is 12.0. The fraction of sp³-hybridized carbons (Fsp3) is 0.294. The van der Waals surface area contributed by atoms with Gasteiger partial charge in [0.25, 0.3) is 0 Å². The van der Waals surface area contributed by atoms with Crippen molar-refractivity contribution < 1.29 is 0 Å². The van der Waals surface area contributed by atoms with Crippen LogP contribution in [0.5, 0.6) is 0 Å². The molecular weight excluding hydrogens is 284 g/mol. The van der Waals surface area contributed by atoms with Crippen LogP contribution in [0.2, 0.25) is 0 Å². The number of rotatable bonds is 2. The van der Waals surface area contributed by atoms with Crippen molar-refractivity contribution in [3.63, 3.8) is 0 Å². The molecule has 0 nitrogen and oxygen atoms in total. The summed E-state index contributed by atoms with van der Waals surface area (Å²) in [6.07, 6.45) is 2.47. The maximum atomic E-state index is 3.62. The number of fused-ring (bicyclic) bond motifs is 1. The van der Waals surface area contributed by atoms with Crippen LogP contribution in [0.15, 0.2) is 48.5 Å². The molecule has 0 bridgehead atoms. The lowest BCUT2D eigenvalue weighted by molar-refractivity contribution is 0.787. The molecule has 0 saturated carbocycles. The van der Waals surface area contributed by atoms with E-state index in [0.29, 0.717) is 10.7 Å². The fourth-order valence-corrected chi connectivity index (χ4v) is 3.20. The average Bonchev–Trinajstić information content (AvgIpc) is 2.82. The van der Waals surface area contributed by atoms with E-state index in [1.165, 1.54) is 35.1 Å². The van der Waals surface area contributed by atoms with Gasteiger partial charge in [-0.2, -0.15) is 0 Å². The lowest BCUT2D eigenvalue weighted by Crippen LogP contribution is -1.96. The van der Waals surface area contributed by atoms with E-state index in [2.05, 4.69) is 71.4 Å². The zero-order chi connectivity index (χ0) is 12.5. The molecule has 1 aliphatic rings. The van der Waals surface area contributed by atoms with Crippen molar-refractivity contribution in [3.8, 4) is 0 Å². The Balaban J connectivity index is 1.93. The molecule has 0 radical (unpaired) electrons. The second kappa shape index (κ2) is 4.89. The molecule has 0 aliphatic heterocycles. The minimum Gasteiger partial charge on any atom is -0.0842 e. The van der Waals surface area contributed by atoms with Crippen molar-refractivity contribution in [1.82, 2.24) is 0 Å². The molecule has 2 aromatic carbocycles. The lowest BCUT2D eigenvalue weighted by atomic mass is 9.92. The van der Waals surface area contributed by atoms with Gasteiger partial charge in [-0.15, -0.1) is 0 Å². The molecule has 2 aromatic rings. The first-order valence-electron chi connectivity index (χ1n) is 6.57. The average molecular weight is 301 g/mol. The number of hydrogen-bond donors (Lipinski definition) is 0. The molecule has 3 rings (SSSR count). The maximum absolute atomic E-state index is 3.62. The van der Waals surface area contributed by atoms with Gasteiger partial charge < -0.3 is 0 Å². The third-order valence-electron chi connectivity index (χ3n) is 3.93. The Kier molecular flexibility index (Phi) is 3.25. The van der Waals surface area contributed by atoms with E-state index in [1.54, 1.807) is 0 Å². The zero-order valence-corrected chi connectivity index (χ0v) is 12.2. The number of hydrogen-bond acceptors (Lipinski definition) is 0. The van der Waals surface area contributed by atoms with E-state index < -0.39 is 0 Å².